The second-order valence-corrected chi connectivity index (χ2v) is 5.76. The summed E-state index contributed by atoms with van der Waals surface area (Å²) in [5.41, 5.74) is 7.82. The molecule has 0 saturated heterocycles. The minimum absolute atomic E-state index is 0.138. The van der Waals surface area contributed by atoms with Gasteiger partial charge in [0.15, 0.2) is 0 Å². The van der Waals surface area contributed by atoms with Gasteiger partial charge in [-0.25, -0.2) is 4.68 Å². The summed E-state index contributed by atoms with van der Waals surface area (Å²) in [6, 6.07) is 9.82. The lowest BCUT2D eigenvalue weighted by Crippen LogP contribution is -2.34. The minimum Gasteiger partial charge on any atom is -0.368 e. The third-order valence-electron chi connectivity index (χ3n) is 3.03. The number of carbonyl (C=O) groups excluding carboxylic acids is 2. The molecule has 0 saturated carbocycles. The molecule has 116 valence electrons. The second kappa shape index (κ2) is 7.13. The molecule has 0 atom stereocenters. The maximum atomic E-state index is 11.7. The fourth-order valence-electron chi connectivity index (χ4n) is 2.03. The van der Waals surface area contributed by atoms with E-state index in [1.165, 1.54) is 11.8 Å². The number of para-hydroxylation sites is 1. The van der Waals surface area contributed by atoms with Crippen molar-refractivity contribution in [1.82, 2.24) is 15.1 Å². The average molecular weight is 318 g/mol. The Balaban J connectivity index is 2.08. The zero-order valence-corrected chi connectivity index (χ0v) is 13.3. The van der Waals surface area contributed by atoms with Gasteiger partial charge in [-0.1, -0.05) is 18.2 Å². The Labute approximate surface area is 133 Å². The summed E-state index contributed by atoms with van der Waals surface area (Å²) in [7, 11) is 0. The van der Waals surface area contributed by atoms with Crippen molar-refractivity contribution in [2.45, 2.75) is 18.7 Å². The van der Waals surface area contributed by atoms with Crippen molar-refractivity contribution < 1.29 is 9.59 Å². The Morgan fingerprint density at radius 2 is 1.95 bits per heavy atom. The van der Waals surface area contributed by atoms with E-state index in [-0.39, 0.29) is 18.2 Å². The zero-order valence-electron chi connectivity index (χ0n) is 12.5. The van der Waals surface area contributed by atoms with Gasteiger partial charge >= 0.3 is 0 Å². The zero-order chi connectivity index (χ0) is 16.1. The van der Waals surface area contributed by atoms with Crippen LogP contribution in [0, 0.1) is 13.8 Å². The number of aryl methyl sites for hydroxylation is 1. The van der Waals surface area contributed by atoms with Crippen molar-refractivity contribution in [2.24, 2.45) is 5.73 Å². The Bertz CT molecular complexity index is 682. The lowest BCUT2D eigenvalue weighted by Gasteiger charge is -2.05. The first-order chi connectivity index (χ1) is 10.5. The summed E-state index contributed by atoms with van der Waals surface area (Å²) in [6.07, 6.45) is 0. The highest BCUT2D eigenvalue weighted by molar-refractivity contribution is 8.00. The van der Waals surface area contributed by atoms with Crippen LogP contribution in [0.3, 0.4) is 0 Å². The van der Waals surface area contributed by atoms with Crippen molar-refractivity contribution in [2.75, 3.05) is 12.3 Å². The molecular formula is C15H18N4O2S. The van der Waals surface area contributed by atoms with Crippen molar-refractivity contribution in [1.29, 1.82) is 0 Å². The fourth-order valence-corrected chi connectivity index (χ4v) is 2.95. The molecule has 0 spiro atoms. The fraction of sp³-hybridized carbons (Fsp3) is 0.267. The number of thioether (sulfide) groups is 1. The van der Waals surface area contributed by atoms with E-state index in [4.69, 9.17) is 5.73 Å². The van der Waals surface area contributed by atoms with E-state index in [0.29, 0.717) is 0 Å². The lowest BCUT2D eigenvalue weighted by molar-refractivity contribution is -0.123. The van der Waals surface area contributed by atoms with Crippen LogP contribution in [0.4, 0.5) is 0 Å². The van der Waals surface area contributed by atoms with Crippen molar-refractivity contribution in [3.8, 4) is 5.69 Å². The van der Waals surface area contributed by atoms with Gasteiger partial charge in [0.1, 0.15) is 0 Å². The van der Waals surface area contributed by atoms with Crippen LogP contribution in [0.5, 0.6) is 0 Å². The van der Waals surface area contributed by atoms with E-state index < -0.39 is 5.91 Å². The summed E-state index contributed by atoms with van der Waals surface area (Å²) in [4.78, 5) is 23.3. The Hall–Kier alpha value is -2.28. The molecule has 3 N–H and O–H groups in total. The predicted octanol–water partition coefficient (Wildman–Crippen LogP) is 1.18. The highest BCUT2D eigenvalue weighted by atomic mass is 32.2. The smallest absolute Gasteiger partial charge is 0.236 e. The highest BCUT2D eigenvalue weighted by Gasteiger charge is 2.14. The number of nitrogens with zero attached hydrogens (tertiary/aromatic N) is 2. The summed E-state index contributed by atoms with van der Waals surface area (Å²) in [6.45, 7) is 3.74. The molecule has 1 aromatic carbocycles. The molecular weight excluding hydrogens is 300 g/mol. The molecule has 6 nitrogen and oxygen atoms in total. The monoisotopic (exact) mass is 318 g/mol. The first kappa shape index (κ1) is 16.1. The van der Waals surface area contributed by atoms with Crippen LogP contribution >= 0.6 is 11.8 Å². The number of nitrogens with two attached hydrogens (primary N) is 1. The van der Waals surface area contributed by atoms with Gasteiger partial charge in [-0.2, -0.15) is 5.10 Å². The number of primary amides is 1. The first-order valence-electron chi connectivity index (χ1n) is 6.78. The number of nitrogens with one attached hydrogen (secondary N) is 1. The quantitative estimate of drug-likeness (QED) is 0.783. The Morgan fingerprint density at radius 3 is 2.59 bits per heavy atom. The lowest BCUT2D eigenvalue weighted by atomic mass is 10.3. The molecule has 7 heteroatoms. The SMILES string of the molecule is Cc1nn(-c2ccccc2)c(C)c1SCC(=O)NCC(N)=O. The van der Waals surface area contributed by atoms with Crippen LogP contribution < -0.4 is 11.1 Å². The van der Waals surface area contributed by atoms with Crippen LogP contribution in [0.15, 0.2) is 35.2 Å². The van der Waals surface area contributed by atoms with E-state index in [9.17, 15) is 9.59 Å². The standard InChI is InChI=1S/C15H18N4O2S/c1-10-15(22-9-14(21)17-8-13(16)20)11(2)19(18-10)12-6-4-3-5-7-12/h3-7H,8-9H2,1-2H3,(H2,16,20)(H,17,21). The maximum Gasteiger partial charge on any atom is 0.236 e. The molecule has 0 aliphatic rings. The normalized spacial score (nSPS) is 10.5. The van der Waals surface area contributed by atoms with Gasteiger partial charge in [0.05, 0.1) is 34.3 Å². The molecule has 2 aromatic rings. The van der Waals surface area contributed by atoms with Gasteiger partial charge < -0.3 is 11.1 Å². The van der Waals surface area contributed by atoms with Gasteiger partial charge in [-0.15, -0.1) is 11.8 Å². The summed E-state index contributed by atoms with van der Waals surface area (Å²) < 4.78 is 1.86. The molecule has 0 aliphatic carbocycles. The minimum atomic E-state index is -0.553. The number of hydrogen-bond acceptors (Lipinski definition) is 4. The summed E-state index contributed by atoms with van der Waals surface area (Å²) in [5.74, 6) is -0.562. The third-order valence-corrected chi connectivity index (χ3v) is 4.32. The van der Waals surface area contributed by atoms with E-state index in [1.807, 2.05) is 48.9 Å². The van der Waals surface area contributed by atoms with E-state index in [2.05, 4.69) is 10.4 Å². The Morgan fingerprint density at radius 1 is 1.27 bits per heavy atom. The summed E-state index contributed by atoms with van der Waals surface area (Å²) in [5, 5.41) is 6.99. The molecule has 1 aromatic heterocycles. The van der Waals surface area contributed by atoms with Crippen molar-refractivity contribution in [3.63, 3.8) is 0 Å². The van der Waals surface area contributed by atoms with Crippen molar-refractivity contribution >= 4 is 23.6 Å². The highest BCUT2D eigenvalue weighted by Crippen LogP contribution is 2.27. The molecule has 2 amide bonds. The van der Waals surface area contributed by atoms with Crippen LogP contribution in [0.1, 0.15) is 11.4 Å². The van der Waals surface area contributed by atoms with Crippen LogP contribution in [0.2, 0.25) is 0 Å². The topological polar surface area (TPSA) is 90.0 Å². The van der Waals surface area contributed by atoms with Crippen LogP contribution in [-0.2, 0) is 9.59 Å². The van der Waals surface area contributed by atoms with Gasteiger partial charge in [-0.3, -0.25) is 9.59 Å². The van der Waals surface area contributed by atoms with Crippen LogP contribution in [-0.4, -0.2) is 33.9 Å². The van der Waals surface area contributed by atoms with E-state index in [0.717, 1.165) is 22.0 Å². The van der Waals surface area contributed by atoms with Gasteiger partial charge in [-0.05, 0) is 26.0 Å². The van der Waals surface area contributed by atoms with Gasteiger partial charge in [0, 0.05) is 0 Å². The van der Waals surface area contributed by atoms with E-state index >= 15 is 0 Å². The molecule has 22 heavy (non-hydrogen) atoms. The molecule has 0 fully saturated rings. The molecule has 2 rings (SSSR count). The number of hydrogen-bond donors (Lipinski definition) is 2. The number of benzene rings is 1. The summed E-state index contributed by atoms with van der Waals surface area (Å²) >= 11 is 1.40. The molecule has 0 aliphatic heterocycles. The number of rotatable bonds is 6. The number of amides is 2. The maximum absolute atomic E-state index is 11.7. The van der Waals surface area contributed by atoms with Gasteiger partial charge in [0.25, 0.3) is 0 Å². The molecule has 0 bridgehead atoms. The molecule has 0 radical (unpaired) electrons. The predicted molar refractivity (Wildman–Crippen MR) is 86.0 cm³/mol. The third kappa shape index (κ3) is 3.88. The second-order valence-electron chi connectivity index (χ2n) is 4.78. The number of carbonyl (C=O) groups is 2. The van der Waals surface area contributed by atoms with Crippen molar-refractivity contribution in [3.05, 3.63) is 41.7 Å². The average Bonchev–Trinajstić information content (AvgIpc) is 2.79. The molecule has 0 unspecified atom stereocenters. The molecule has 1 heterocycles. The Kier molecular flexibility index (Phi) is 5.21. The van der Waals surface area contributed by atoms with Crippen LogP contribution in [0.25, 0.3) is 5.69 Å². The van der Waals surface area contributed by atoms with E-state index in [1.54, 1.807) is 0 Å². The number of aromatic nitrogens is 2. The first-order valence-corrected chi connectivity index (χ1v) is 7.77. The largest absolute Gasteiger partial charge is 0.368 e. The van der Waals surface area contributed by atoms with Gasteiger partial charge in [0.2, 0.25) is 11.8 Å².